The molecule has 0 aromatic rings. The molecule has 0 unspecified atom stereocenters. The number of nitrogens with two attached hydrogens (primary N) is 1. The minimum atomic E-state index is -0.288. The number of aliphatic imine (C=N–C) groups is 1. The van der Waals surface area contributed by atoms with Gasteiger partial charge in [-0.25, -0.2) is 0 Å². The average Bonchev–Trinajstić information content (AvgIpc) is 1.89. The Kier molecular flexibility index (Phi) is 4.28. The molecule has 3 N–H and O–H groups in total. The first-order valence-electron chi connectivity index (χ1n) is 3.30. The van der Waals surface area contributed by atoms with Gasteiger partial charge >= 0.3 is 0 Å². The van der Waals surface area contributed by atoms with Crippen molar-refractivity contribution in [2.45, 2.75) is 13.8 Å². The summed E-state index contributed by atoms with van der Waals surface area (Å²) < 4.78 is 0. The van der Waals surface area contributed by atoms with Crippen LogP contribution in [0.5, 0.6) is 0 Å². The maximum Gasteiger partial charge on any atom is 0.286 e. The van der Waals surface area contributed by atoms with Gasteiger partial charge in [0, 0.05) is 13.1 Å². The Morgan fingerprint density at radius 3 is 2.60 bits per heavy atom. The summed E-state index contributed by atoms with van der Waals surface area (Å²) >= 11 is 0. The predicted molar refractivity (Wildman–Crippen MR) is 40.8 cm³/mol. The lowest BCUT2D eigenvalue weighted by Gasteiger charge is -1.98. The molecule has 58 valence electrons. The topological polar surface area (TPSA) is 67.5 Å². The van der Waals surface area contributed by atoms with Crippen molar-refractivity contribution in [2.75, 3.05) is 13.1 Å². The third kappa shape index (κ3) is 3.06. The normalized spacial score (nSPS) is 11.2. The van der Waals surface area contributed by atoms with Gasteiger partial charge in [0.05, 0.1) is 0 Å². The van der Waals surface area contributed by atoms with Gasteiger partial charge in [-0.3, -0.25) is 9.79 Å². The maximum atomic E-state index is 10.8. The minimum Gasteiger partial charge on any atom is -0.379 e. The van der Waals surface area contributed by atoms with Crippen molar-refractivity contribution in [3.8, 4) is 0 Å². The molecule has 0 radical (unpaired) electrons. The van der Waals surface area contributed by atoms with Crippen LogP contribution in [0.4, 0.5) is 0 Å². The molecule has 0 spiro atoms. The van der Waals surface area contributed by atoms with Crippen molar-refractivity contribution < 1.29 is 4.79 Å². The van der Waals surface area contributed by atoms with E-state index in [-0.39, 0.29) is 11.7 Å². The molecular weight excluding hydrogens is 130 g/mol. The van der Waals surface area contributed by atoms with E-state index < -0.39 is 0 Å². The van der Waals surface area contributed by atoms with Crippen LogP contribution in [0.15, 0.2) is 4.99 Å². The zero-order valence-electron chi connectivity index (χ0n) is 6.35. The molecule has 0 atom stereocenters. The van der Waals surface area contributed by atoms with Crippen molar-refractivity contribution in [1.82, 2.24) is 5.32 Å². The van der Waals surface area contributed by atoms with Gasteiger partial charge in [-0.15, -0.1) is 0 Å². The molecular formula is C6H13N3O. The predicted octanol–water partition coefficient (Wildman–Crippen LogP) is -0.500. The van der Waals surface area contributed by atoms with E-state index in [0.29, 0.717) is 13.1 Å². The Hall–Kier alpha value is -1.06. The SMILES string of the molecule is CCN=C(N)C(=O)NCC. The Balaban J connectivity index is 3.82. The van der Waals surface area contributed by atoms with Gasteiger partial charge in [-0.05, 0) is 13.8 Å². The number of amides is 1. The molecule has 0 aromatic carbocycles. The molecule has 0 heterocycles. The zero-order chi connectivity index (χ0) is 7.98. The quantitative estimate of drug-likeness (QED) is 0.404. The fraction of sp³-hybridized carbons (Fsp3) is 0.667. The number of nitrogens with one attached hydrogen (secondary N) is 1. The zero-order valence-corrected chi connectivity index (χ0v) is 6.35. The fourth-order valence-corrected chi connectivity index (χ4v) is 0.493. The molecule has 0 aliphatic rings. The standard InChI is InChI=1S/C6H13N3O/c1-3-8-5(7)6(10)9-4-2/h3-4H2,1-2H3,(H2,7,8)(H,9,10). The van der Waals surface area contributed by atoms with E-state index in [0.717, 1.165) is 0 Å². The van der Waals surface area contributed by atoms with Crippen molar-refractivity contribution in [3.63, 3.8) is 0 Å². The highest BCUT2D eigenvalue weighted by Gasteiger charge is 2.01. The van der Waals surface area contributed by atoms with Gasteiger partial charge in [-0.1, -0.05) is 0 Å². The highest BCUT2D eigenvalue weighted by atomic mass is 16.2. The number of carbonyl (C=O) groups excluding carboxylic acids is 1. The van der Waals surface area contributed by atoms with Crippen molar-refractivity contribution in [2.24, 2.45) is 10.7 Å². The molecule has 0 aliphatic carbocycles. The first-order valence-corrected chi connectivity index (χ1v) is 3.30. The van der Waals surface area contributed by atoms with Crippen molar-refractivity contribution >= 4 is 11.7 Å². The summed E-state index contributed by atoms with van der Waals surface area (Å²) in [5.41, 5.74) is 5.25. The largest absolute Gasteiger partial charge is 0.379 e. The molecule has 0 saturated carbocycles. The number of hydrogen-bond acceptors (Lipinski definition) is 2. The smallest absolute Gasteiger partial charge is 0.286 e. The summed E-state index contributed by atoms with van der Waals surface area (Å²) in [6.07, 6.45) is 0. The third-order valence-corrected chi connectivity index (χ3v) is 0.898. The van der Waals surface area contributed by atoms with Crippen LogP contribution in [0, 0.1) is 0 Å². The van der Waals surface area contributed by atoms with Crippen LogP contribution in [0.1, 0.15) is 13.8 Å². The Morgan fingerprint density at radius 2 is 2.20 bits per heavy atom. The van der Waals surface area contributed by atoms with E-state index in [1.54, 1.807) is 0 Å². The second kappa shape index (κ2) is 4.78. The number of hydrogen-bond donors (Lipinski definition) is 2. The molecule has 10 heavy (non-hydrogen) atoms. The summed E-state index contributed by atoms with van der Waals surface area (Å²) in [5.74, 6) is -0.228. The fourth-order valence-electron chi connectivity index (χ4n) is 0.493. The van der Waals surface area contributed by atoms with E-state index >= 15 is 0 Å². The summed E-state index contributed by atoms with van der Waals surface area (Å²) in [4.78, 5) is 14.5. The molecule has 0 aromatic heterocycles. The van der Waals surface area contributed by atoms with Gasteiger partial charge < -0.3 is 11.1 Å². The summed E-state index contributed by atoms with van der Waals surface area (Å²) in [6.45, 7) is 4.78. The Morgan fingerprint density at radius 1 is 1.60 bits per heavy atom. The van der Waals surface area contributed by atoms with Crippen LogP contribution in [0.3, 0.4) is 0 Å². The van der Waals surface area contributed by atoms with Gasteiger partial charge in [0.1, 0.15) is 0 Å². The van der Waals surface area contributed by atoms with Gasteiger partial charge in [-0.2, -0.15) is 0 Å². The molecule has 1 amide bonds. The molecule has 4 nitrogen and oxygen atoms in total. The molecule has 0 saturated heterocycles. The second-order valence-corrected chi connectivity index (χ2v) is 1.72. The maximum absolute atomic E-state index is 10.8. The average molecular weight is 143 g/mol. The monoisotopic (exact) mass is 143 g/mol. The van der Waals surface area contributed by atoms with E-state index in [4.69, 9.17) is 5.73 Å². The van der Waals surface area contributed by atoms with E-state index in [1.807, 2.05) is 13.8 Å². The lowest BCUT2D eigenvalue weighted by Crippen LogP contribution is -2.36. The van der Waals surface area contributed by atoms with Crippen LogP contribution >= 0.6 is 0 Å². The number of rotatable bonds is 2. The van der Waals surface area contributed by atoms with Crippen LogP contribution in [0.2, 0.25) is 0 Å². The lowest BCUT2D eigenvalue weighted by atomic mass is 10.5. The minimum absolute atomic E-state index is 0.0596. The van der Waals surface area contributed by atoms with E-state index in [9.17, 15) is 4.79 Å². The number of likely N-dealkylation sites (N-methyl/N-ethyl adjacent to an activating group) is 1. The second-order valence-electron chi connectivity index (χ2n) is 1.72. The van der Waals surface area contributed by atoms with Gasteiger partial charge in [0.15, 0.2) is 5.84 Å². The van der Waals surface area contributed by atoms with Crippen molar-refractivity contribution in [1.29, 1.82) is 0 Å². The van der Waals surface area contributed by atoms with Gasteiger partial charge in [0.25, 0.3) is 5.91 Å². The summed E-state index contributed by atoms with van der Waals surface area (Å²) in [6, 6.07) is 0. The lowest BCUT2D eigenvalue weighted by molar-refractivity contribution is -0.114. The Labute approximate surface area is 60.5 Å². The number of nitrogens with zero attached hydrogens (tertiary/aromatic N) is 1. The highest BCUT2D eigenvalue weighted by molar-refractivity contribution is 6.37. The Bertz CT molecular complexity index is 142. The first-order chi connectivity index (χ1) is 4.72. The van der Waals surface area contributed by atoms with E-state index in [1.165, 1.54) is 0 Å². The molecule has 0 aliphatic heterocycles. The third-order valence-electron chi connectivity index (χ3n) is 0.898. The van der Waals surface area contributed by atoms with Gasteiger partial charge in [0.2, 0.25) is 0 Å². The van der Waals surface area contributed by atoms with Crippen LogP contribution in [-0.4, -0.2) is 24.8 Å². The van der Waals surface area contributed by atoms with Crippen LogP contribution in [0.25, 0.3) is 0 Å². The van der Waals surface area contributed by atoms with Crippen LogP contribution < -0.4 is 11.1 Å². The molecule has 4 heteroatoms. The van der Waals surface area contributed by atoms with E-state index in [2.05, 4.69) is 10.3 Å². The molecule has 0 rings (SSSR count). The summed E-state index contributed by atoms with van der Waals surface area (Å²) in [7, 11) is 0. The van der Waals surface area contributed by atoms with Crippen LogP contribution in [-0.2, 0) is 4.79 Å². The first kappa shape index (κ1) is 8.94. The highest BCUT2D eigenvalue weighted by Crippen LogP contribution is 1.71. The summed E-state index contributed by atoms with van der Waals surface area (Å²) in [5, 5.41) is 2.54. The molecule has 0 bridgehead atoms. The number of carbonyl (C=O) groups is 1. The number of amidine groups is 1. The molecule has 0 fully saturated rings. The van der Waals surface area contributed by atoms with Crippen molar-refractivity contribution in [3.05, 3.63) is 0 Å².